The predicted octanol–water partition coefficient (Wildman–Crippen LogP) is 2.71. The molecule has 150 valence electrons. The largest absolute Gasteiger partial charge is 0.456 e. The number of esters is 1. The van der Waals surface area contributed by atoms with E-state index in [4.69, 9.17) is 9.15 Å². The topological polar surface area (TPSA) is 81.7 Å². The Hall–Kier alpha value is -2.57. The lowest BCUT2D eigenvalue weighted by molar-refractivity contribution is -0.155. The van der Waals surface area contributed by atoms with Gasteiger partial charge in [0.05, 0.1) is 11.9 Å². The summed E-state index contributed by atoms with van der Waals surface area (Å²) in [6.45, 7) is 0.703. The Morgan fingerprint density at radius 3 is 2.79 bits per heavy atom. The van der Waals surface area contributed by atoms with E-state index < -0.39 is 11.7 Å². The maximum atomic E-state index is 12.6. The highest BCUT2D eigenvalue weighted by Gasteiger charge is 2.35. The molecular weight excluding hydrogens is 360 g/mol. The highest BCUT2D eigenvalue weighted by molar-refractivity contribution is 5.81. The minimum Gasteiger partial charge on any atom is -0.456 e. The number of hydrogen-bond acceptors (Lipinski definition) is 5. The summed E-state index contributed by atoms with van der Waals surface area (Å²) in [5, 5.41) is 0. The lowest BCUT2D eigenvalue weighted by Gasteiger charge is -2.44. The number of fused-ring (bicyclic) bond motifs is 2. The molecule has 0 radical (unpaired) electrons. The van der Waals surface area contributed by atoms with Crippen molar-refractivity contribution >= 4 is 23.0 Å². The van der Waals surface area contributed by atoms with Crippen LogP contribution in [0.5, 0.6) is 0 Å². The zero-order chi connectivity index (χ0) is 19.5. The van der Waals surface area contributed by atoms with Crippen molar-refractivity contribution in [2.75, 3.05) is 13.2 Å². The molecule has 28 heavy (non-hydrogen) atoms. The average molecular weight is 386 g/mol. The molecule has 2 fully saturated rings. The fraction of sp³-hybridized carbons (Fsp3) is 0.571. The molecule has 1 amide bonds. The van der Waals surface area contributed by atoms with Gasteiger partial charge in [-0.1, -0.05) is 25.0 Å². The summed E-state index contributed by atoms with van der Waals surface area (Å²) in [7, 11) is 0. The number of piperidine rings is 1. The average Bonchev–Trinajstić information content (AvgIpc) is 3.05. The first-order valence-electron chi connectivity index (χ1n) is 10.2. The molecule has 7 heteroatoms. The van der Waals surface area contributed by atoms with E-state index in [0.29, 0.717) is 23.1 Å². The van der Waals surface area contributed by atoms with Gasteiger partial charge in [-0.25, -0.2) is 4.79 Å². The van der Waals surface area contributed by atoms with E-state index in [-0.39, 0.29) is 25.5 Å². The summed E-state index contributed by atoms with van der Waals surface area (Å²) in [6, 6.07) is 7.38. The van der Waals surface area contributed by atoms with Gasteiger partial charge in [-0.05, 0) is 43.7 Å². The summed E-state index contributed by atoms with van der Waals surface area (Å²) in [5.74, 6) is -0.483. The number of likely N-dealkylation sites (tertiary alicyclic amines) is 1. The zero-order valence-corrected chi connectivity index (χ0v) is 16.0. The molecule has 2 aromatic rings. The first-order valence-corrected chi connectivity index (χ1v) is 10.2. The van der Waals surface area contributed by atoms with Crippen molar-refractivity contribution in [3.05, 3.63) is 34.8 Å². The summed E-state index contributed by atoms with van der Waals surface area (Å²) in [5.41, 5.74) is 1.14. The number of carbonyl (C=O) groups is 2. The van der Waals surface area contributed by atoms with Crippen molar-refractivity contribution in [2.24, 2.45) is 5.92 Å². The highest BCUT2D eigenvalue weighted by Crippen LogP contribution is 2.35. The lowest BCUT2D eigenvalue weighted by atomic mass is 9.78. The Morgan fingerprint density at radius 1 is 1.11 bits per heavy atom. The quantitative estimate of drug-likeness (QED) is 0.738. The molecule has 7 nitrogen and oxygen atoms in total. The molecule has 2 atom stereocenters. The number of para-hydroxylation sites is 2. The van der Waals surface area contributed by atoms with Crippen LogP contribution < -0.4 is 5.76 Å². The Kier molecular flexibility index (Phi) is 5.50. The number of rotatable bonds is 5. The molecule has 0 spiro atoms. The van der Waals surface area contributed by atoms with Crippen LogP contribution in [0, 0.1) is 5.92 Å². The monoisotopic (exact) mass is 386 g/mol. The minimum absolute atomic E-state index is 0.0166. The van der Waals surface area contributed by atoms with Crippen LogP contribution in [-0.4, -0.2) is 40.5 Å². The summed E-state index contributed by atoms with van der Waals surface area (Å²) in [6.07, 6.45) is 6.91. The van der Waals surface area contributed by atoms with E-state index >= 15 is 0 Å². The lowest BCUT2D eigenvalue weighted by Crippen LogP contribution is -2.50. The van der Waals surface area contributed by atoms with Crippen LogP contribution in [0.4, 0.5) is 0 Å². The summed E-state index contributed by atoms with van der Waals surface area (Å²) in [4.78, 5) is 38.6. The SMILES string of the molecule is O=C(CCn1c(=O)oc2ccccc21)OCC(=O)N1CCC[C@@H]2CCCC[C@H]21. The van der Waals surface area contributed by atoms with Gasteiger partial charge in [0.25, 0.3) is 5.91 Å². The van der Waals surface area contributed by atoms with Gasteiger partial charge in [-0.3, -0.25) is 14.2 Å². The van der Waals surface area contributed by atoms with Crippen molar-refractivity contribution in [3.63, 3.8) is 0 Å². The number of aromatic nitrogens is 1. The third kappa shape index (κ3) is 3.84. The Bertz CT molecular complexity index is 913. The molecule has 4 rings (SSSR count). The third-order valence-electron chi connectivity index (χ3n) is 6.03. The number of hydrogen-bond donors (Lipinski definition) is 0. The van der Waals surface area contributed by atoms with Gasteiger partial charge in [0.15, 0.2) is 12.2 Å². The molecule has 0 N–H and O–H groups in total. The van der Waals surface area contributed by atoms with Crippen LogP contribution in [0.15, 0.2) is 33.5 Å². The highest BCUT2D eigenvalue weighted by atomic mass is 16.5. The molecule has 1 saturated carbocycles. The Balaban J connectivity index is 1.30. The number of amides is 1. The number of carbonyl (C=O) groups excluding carboxylic acids is 2. The summed E-state index contributed by atoms with van der Waals surface area (Å²) >= 11 is 0. The predicted molar refractivity (Wildman–Crippen MR) is 103 cm³/mol. The molecule has 0 bridgehead atoms. The van der Waals surface area contributed by atoms with E-state index in [9.17, 15) is 14.4 Å². The minimum atomic E-state index is -0.498. The van der Waals surface area contributed by atoms with Crippen molar-refractivity contribution in [3.8, 4) is 0 Å². The van der Waals surface area contributed by atoms with Crippen LogP contribution in [0.1, 0.15) is 44.9 Å². The number of oxazole rings is 1. The van der Waals surface area contributed by atoms with Crippen molar-refractivity contribution in [1.82, 2.24) is 9.47 Å². The standard InChI is InChI=1S/C21H26N2O5/c24-19(22-12-5-7-15-6-1-2-8-16(15)22)14-27-20(25)11-13-23-17-9-3-4-10-18(17)28-21(23)26/h3-4,9-10,15-16H,1-2,5-8,11-14H2/t15-,16+/m0/s1. The Labute approximate surface area is 163 Å². The van der Waals surface area contributed by atoms with Crippen molar-refractivity contribution in [2.45, 2.75) is 57.5 Å². The normalized spacial score (nSPS) is 22.1. The van der Waals surface area contributed by atoms with E-state index in [1.807, 2.05) is 11.0 Å². The number of benzene rings is 1. The zero-order valence-electron chi connectivity index (χ0n) is 16.0. The van der Waals surface area contributed by atoms with Crippen LogP contribution in [0.3, 0.4) is 0 Å². The van der Waals surface area contributed by atoms with Gasteiger partial charge in [0.1, 0.15) is 0 Å². The number of aryl methyl sites for hydroxylation is 1. The molecular formula is C21H26N2O5. The van der Waals surface area contributed by atoms with Gasteiger partial charge >= 0.3 is 11.7 Å². The second-order valence-electron chi connectivity index (χ2n) is 7.74. The fourth-order valence-corrected chi connectivity index (χ4v) is 4.66. The van der Waals surface area contributed by atoms with E-state index in [0.717, 1.165) is 25.8 Å². The van der Waals surface area contributed by atoms with Gasteiger partial charge < -0.3 is 14.1 Å². The Morgan fingerprint density at radius 2 is 1.89 bits per heavy atom. The van der Waals surface area contributed by atoms with Gasteiger partial charge in [-0.2, -0.15) is 0 Å². The molecule has 1 aromatic carbocycles. The molecule has 2 heterocycles. The maximum absolute atomic E-state index is 12.6. The molecule has 1 saturated heterocycles. The van der Waals surface area contributed by atoms with E-state index in [1.54, 1.807) is 18.2 Å². The van der Waals surface area contributed by atoms with Crippen molar-refractivity contribution < 1.29 is 18.7 Å². The van der Waals surface area contributed by atoms with Crippen LogP contribution in [0.2, 0.25) is 0 Å². The van der Waals surface area contributed by atoms with E-state index in [1.165, 1.54) is 23.8 Å². The van der Waals surface area contributed by atoms with Gasteiger partial charge in [0.2, 0.25) is 0 Å². The summed E-state index contributed by atoms with van der Waals surface area (Å²) < 4.78 is 11.8. The molecule has 1 aliphatic carbocycles. The fourth-order valence-electron chi connectivity index (χ4n) is 4.66. The van der Waals surface area contributed by atoms with Crippen LogP contribution in [-0.2, 0) is 20.9 Å². The molecule has 1 aliphatic heterocycles. The van der Waals surface area contributed by atoms with Crippen LogP contribution in [0.25, 0.3) is 11.1 Å². The number of ether oxygens (including phenoxy) is 1. The first-order chi connectivity index (χ1) is 13.6. The smallest absolute Gasteiger partial charge is 0.419 e. The van der Waals surface area contributed by atoms with E-state index in [2.05, 4.69) is 0 Å². The first kappa shape index (κ1) is 18.8. The molecule has 1 aromatic heterocycles. The van der Waals surface area contributed by atoms with Crippen molar-refractivity contribution in [1.29, 1.82) is 0 Å². The molecule has 2 aliphatic rings. The van der Waals surface area contributed by atoms with Crippen LogP contribution >= 0.6 is 0 Å². The number of nitrogens with zero attached hydrogens (tertiary/aromatic N) is 2. The van der Waals surface area contributed by atoms with Gasteiger partial charge in [0, 0.05) is 19.1 Å². The third-order valence-corrected chi connectivity index (χ3v) is 6.03. The second-order valence-corrected chi connectivity index (χ2v) is 7.74. The second kappa shape index (κ2) is 8.20. The maximum Gasteiger partial charge on any atom is 0.419 e. The van der Waals surface area contributed by atoms with Gasteiger partial charge in [-0.15, -0.1) is 0 Å². The molecule has 0 unspecified atom stereocenters.